The van der Waals surface area contributed by atoms with Gasteiger partial charge in [0.1, 0.15) is 0 Å². The van der Waals surface area contributed by atoms with Gasteiger partial charge in [0.2, 0.25) is 5.39 Å². The molecule has 0 bridgehead atoms. The van der Waals surface area contributed by atoms with Crippen molar-refractivity contribution >= 4 is 17.9 Å². The Morgan fingerprint density at radius 1 is 0.680 bits per heavy atom. The molecule has 16 nitrogen and oxygen atoms in total. The molecular formula is C9H6N10O6. The monoisotopic (exact) mass is 350 g/mol. The fourth-order valence-electron chi connectivity index (χ4n) is 1.30. The first-order valence-electron chi connectivity index (χ1n) is 6.18. The third-order valence-corrected chi connectivity index (χ3v) is 2.34. The number of carbonyl (C=O) groups excluding carboxylic acids is 3. The molecule has 0 fully saturated rings. The van der Waals surface area contributed by atoms with Crippen molar-refractivity contribution in [2.45, 2.75) is 0 Å². The highest BCUT2D eigenvalue weighted by molar-refractivity contribution is 5.88. The van der Waals surface area contributed by atoms with E-state index in [2.05, 4.69) is 60.7 Å². The Morgan fingerprint density at radius 3 is 1.24 bits per heavy atom. The predicted molar refractivity (Wildman–Crippen MR) is 67.2 cm³/mol. The third-order valence-electron chi connectivity index (χ3n) is 2.34. The number of aromatic amines is 3. The summed E-state index contributed by atoms with van der Waals surface area (Å²) in [6.45, 7) is 0. The lowest BCUT2D eigenvalue weighted by Gasteiger charge is -2.15. The van der Waals surface area contributed by atoms with Crippen molar-refractivity contribution in [1.29, 1.82) is 0 Å². The SMILES string of the molecule is O=C(ON(OC(=O)c1cn[nH]n1)OC(=O)c1cn[nH]n1)c1cn[nH]n1. The van der Waals surface area contributed by atoms with Crippen LogP contribution in [0.1, 0.15) is 31.5 Å². The lowest BCUT2D eigenvalue weighted by molar-refractivity contribution is -0.449. The number of rotatable bonds is 6. The fourth-order valence-corrected chi connectivity index (χ4v) is 1.30. The van der Waals surface area contributed by atoms with Gasteiger partial charge in [0.05, 0.1) is 18.6 Å². The van der Waals surface area contributed by atoms with Crippen molar-refractivity contribution < 1.29 is 28.9 Å². The zero-order valence-corrected chi connectivity index (χ0v) is 11.8. The summed E-state index contributed by atoms with van der Waals surface area (Å²) in [5.41, 5.74) is -0.833. The summed E-state index contributed by atoms with van der Waals surface area (Å²) < 4.78 is 0. The molecule has 0 saturated heterocycles. The smallest absolute Gasteiger partial charge is 0.294 e. The second kappa shape index (κ2) is 6.91. The van der Waals surface area contributed by atoms with Crippen molar-refractivity contribution in [3.8, 4) is 0 Å². The van der Waals surface area contributed by atoms with E-state index in [4.69, 9.17) is 0 Å². The predicted octanol–water partition coefficient (Wildman–Crippen LogP) is -2.04. The van der Waals surface area contributed by atoms with Crippen LogP contribution in [0.3, 0.4) is 0 Å². The van der Waals surface area contributed by atoms with Crippen molar-refractivity contribution in [3.63, 3.8) is 0 Å². The van der Waals surface area contributed by atoms with Crippen LogP contribution < -0.4 is 0 Å². The van der Waals surface area contributed by atoms with Gasteiger partial charge in [0.15, 0.2) is 17.1 Å². The quantitative estimate of drug-likeness (QED) is 0.410. The van der Waals surface area contributed by atoms with Gasteiger partial charge in [0.25, 0.3) is 0 Å². The van der Waals surface area contributed by atoms with Crippen molar-refractivity contribution in [1.82, 2.24) is 51.6 Å². The molecule has 0 saturated carbocycles. The maximum absolute atomic E-state index is 11.8. The van der Waals surface area contributed by atoms with Crippen molar-refractivity contribution in [2.75, 3.05) is 0 Å². The molecule has 0 atom stereocenters. The van der Waals surface area contributed by atoms with E-state index in [0.29, 0.717) is 0 Å². The number of nitrogens with one attached hydrogen (secondary N) is 3. The molecule has 0 aromatic carbocycles. The Labute approximate surface area is 135 Å². The highest BCUT2D eigenvalue weighted by Gasteiger charge is 2.27. The molecule has 3 rings (SSSR count). The van der Waals surface area contributed by atoms with Gasteiger partial charge < -0.3 is 0 Å². The molecule has 0 aliphatic rings. The molecule has 3 N–H and O–H groups in total. The van der Waals surface area contributed by atoms with Crippen molar-refractivity contribution in [2.24, 2.45) is 0 Å². The molecule has 128 valence electrons. The van der Waals surface area contributed by atoms with Crippen LogP contribution in [0.15, 0.2) is 18.6 Å². The maximum Gasteiger partial charge on any atom is 0.385 e. The molecule has 16 heteroatoms. The van der Waals surface area contributed by atoms with Gasteiger partial charge in [-0.25, -0.2) is 14.4 Å². The largest absolute Gasteiger partial charge is 0.385 e. The molecule has 3 heterocycles. The van der Waals surface area contributed by atoms with Gasteiger partial charge in [-0.2, -0.15) is 30.9 Å². The van der Waals surface area contributed by atoms with Gasteiger partial charge in [-0.15, -0.1) is 15.3 Å². The first-order chi connectivity index (χ1) is 12.1. The van der Waals surface area contributed by atoms with E-state index < -0.39 is 17.9 Å². The van der Waals surface area contributed by atoms with Crippen LogP contribution in [0.2, 0.25) is 0 Å². The Hall–Kier alpha value is -4.21. The highest BCUT2D eigenvalue weighted by Crippen LogP contribution is 2.06. The second-order valence-electron chi connectivity index (χ2n) is 3.93. The minimum atomic E-state index is -1.14. The summed E-state index contributed by atoms with van der Waals surface area (Å²) in [6, 6.07) is 0. The third kappa shape index (κ3) is 3.76. The molecule has 0 radical (unpaired) electrons. The standard InChI is InChI=1S/C9H6N10O6/c20-7(4-1-10-16-13-4)23-19(24-8(21)5-2-11-17-14-5)25-9(22)6-3-12-18-15-6/h1-3H,(H,10,13,16)(H,11,14,17)(H,12,15,18). The number of hydrogen-bond acceptors (Lipinski definition) is 13. The summed E-state index contributed by atoms with van der Waals surface area (Å²) in [4.78, 5) is 49.2. The lowest BCUT2D eigenvalue weighted by Crippen LogP contribution is -2.33. The zero-order valence-electron chi connectivity index (χ0n) is 11.8. The van der Waals surface area contributed by atoms with Crippen LogP contribution in [0.5, 0.6) is 0 Å². The van der Waals surface area contributed by atoms with E-state index in [-0.39, 0.29) is 22.5 Å². The van der Waals surface area contributed by atoms with E-state index >= 15 is 0 Å². The number of carbonyl (C=O) groups is 3. The zero-order chi connectivity index (χ0) is 17.6. The average Bonchev–Trinajstić information content (AvgIpc) is 3.38. The van der Waals surface area contributed by atoms with E-state index in [1.807, 2.05) is 0 Å². The molecular weight excluding hydrogens is 344 g/mol. The first-order valence-corrected chi connectivity index (χ1v) is 6.18. The Morgan fingerprint density at radius 2 is 1.00 bits per heavy atom. The Kier molecular flexibility index (Phi) is 4.34. The topological polar surface area (TPSA) is 207 Å². The minimum absolute atomic E-state index is 0.134. The van der Waals surface area contributed by atoms with Gasteiger partial charge in [-0.1, -0.05) is 0 Å². The average molecular weight is 350 g/mol. The van der Waals surface area contributed by atoms with E-state index in [1.54, 1.807) is 0 Å². The molecule has 0 unspecified atom stereocenters. The van der Waals surface area contributed by atoms with E-state index in [9.17, 15) is 14.4 Å². The van der Waals surface area contributed by atoms with Gasteiger partial charge in [0, 0.05) is 0 Å². The molecule has 3 aromatic heterocycles. The van der Waals surface area contributed by atoms with Gasteiger partial charge in [-0.05, 0) is 0 Å². The van der Waals surface area contributed by atoms with Gasteiger partial charge >= 0.3 is 17.9 Å². The number of H-pyrrole nitrogens is 3. The summed E-state index contributed by atoms with van der Waals surface area (Å²) >= 11 is 0. The summed E-state index contributed by atoms with van der Waals surface area (Å²) in [6.07, 6.45) is 3.08. The van der Waals surface area contributed by atoms with Crippen LogP contribution in [0.4, 0.5) is 0 Å². The summed E-state index contributed by atoms with van der Waals surface area (Å²) in [5, 5.41) is 26.9. The first kappa shape index (κ1) is 15.7. The Bertz CT molecular complexity index is 729. The van der Waals surface area contributed by atoms with E-state index in [0.717, 1.165) is 18.6 Å². The summed E-state index contributed by atoms with van der Waals surface area (Å²) in [5.74, 6) is -3.43. The molecule has 0 aliphatic carbocycles. The molecule has 0 spiro atoms. The number of nitrogens with zero attached hydrogens (tertiary/aromatic N) is 7. The molecule has 3 aromatic rings. The second-order valence-corrected chi connectivity index (χ2v) is 3.93. The number of aromatic nitrogens is 9. The van der Waals surface area contributed by atoms with Crippen molar-refractivity contribution in [3.05, 3.63) is 35.7 Å². The van der Waals surface area contributed by atoms with Gasteiger partial charge in [-0.3, -0.25) is 14.5 Å². The molecule has 0 amide bonds. The van der Waals surface area contributed by atoms with Crippen LogP contribution in [0, 0.1) is 0 Å². The fraction of sp³-hybridized carbons (Fsp3) is 0. The highest BCUT2D eigenvalue weighted by atomic mass is 17.2. The van der Waals surface area contributed by atoms with Crippen LogP contribution >= 0.6 is 0 Å². The summed E-state index contributed by atoms with van der Waals surface area (Å²) in [7, 11) is 0. The lowest BCUT2D eigenvalue weighted by atomic mass is 10.5. The molecule has 0 aliphatic heterocycles. The van der Waals surface area contributed by atoms with Crippen LogP contribution in [-0.2, 0) is 14.5 Å². The minimum Gasteiger partial charge on any atom is -0.294 e. The number of hydrogen-bond donors (Lipinski definition) is 3. The normalized spacial score (nSPS) is 10.4. The Balaban J connectivity index is 1.71. The molecule has 25 heavy (non-hydrogen) atoms. The van der Waals surface area contributed by atoms with E-state index in [1.165, 1.54) is 0 Å². The van der Waals surface area contributed by atoms with Crippen LogP contribution in [0.25, 0.3) is 0 Å². The maximum atomic E-state index is 11.8. The van der Waals surface area contributed by atoms with Crippen LogP contribution in [-0.4, -0.2) is 69.5 Å².